The number of rotatable bonds is 6. The molecule has 0 fully saturated rings. The summed E-state index contributed by atoms with van der Waals surface area (Å²) in [6.45, 7) is 3.74. The molecule has 2 aromatic rings. The van der Waals surface area contributed by atoms with E-state index in [1.54, 1.807) is 25.5 Å². The summed E-state index contributed by atoms with van der Waals surface area (Å²) in [7, 11) is 1.76. The highest BCUT2D eigenvalue weighted by molar-refractivity contribution is 6.01. The van der Waals surface area contributed by atoms with Gasteiger partial charge in [0, 0.05) is 12.4 Å². The molecule has 1 aromatic heterocycles. The number of nitrogens with zero attached hydrogens (tertiary/aromatic N) is 1. The molecule has 6 nitrogen and oxygen atoms in total. The lowest BCUT2D eigenvalue weighted by molar-refractivity contribution is -0.145. The van der Waals surface area contributed by atoms with Gasteiger partial charge in [0.25, 0.3) is 0 Å². The molecule has 118 valence electrons. The number of carbonyl (C=O) groups is 2. The van der Waals surface area contributed by atoms with E-state index < -0.39 is 11.9 Å². The van der Waals surface area contributed by atoms with E-state index in [-0.39, 0.29) is 25.5 Å². The van der Waals surface area contributed by atoms with Crippen LogP contribution in [0.25, 0.3) is 10.9 Å². The van der Waals surface area contributed by atoms with E-state index in [9.17, 15) is 9.59 Å². The fourth-order valence-corrected chi connectivity index (χ4v) is 2.27. The third kappa shape index (κ3) is 3.05. The molecule has 0 radical (unpaired) electrons. The average molecular weight is 305 g/mol. The maximum Gasteiger partial charge on any atom is 0.358 e. The second kappa shape index (κ2) is 6.98. The van der Waals surface area contributed by atoms with Crippen molar-refractivity contribution in [3.8, 4) is 5.75 Å². The Morgan fingerprint density at radius 3 is 2.45 bits per heavy atom. The Bertz CT molecular complexity index is 689. The quantitative estimate of drug-likeness (QED) is 0.766. The van der Waals surface area contributed by atoms with Crippen molar-refractivity contribution < 1.29 is 23.8 Å². The van der Waals surface area contributed by atoms with Gasteiger partial charge in [0.1, 0.15) is 0 Å². The molecule has 0 unspecified atom stereocenters. The molecule has 0 spiro atoms. The summed E-state index contributed by atoms with van der Waals surface area (Å²) in [5.41, 5.74) is 1.11. The maximum atomic E-state index is 12.2. The molecule has 0 amide bonds. The molecule has 0 aliphatic heterocycles. The monoisotopic (exact) mass is 305 g/mol. The summed E-state index contributed by atoms with van der Waals surface area (Å²) in [5, 5.41) is 0.748. The van der Waals surface area contributed by atoms with Crippen LogP contribution in [0.5, 0.6) is 5.75 Å². The minimum absolute atomic E-state index is 0.256. The van der Waals surface area contributed by atoms with Gasteiger partial charge in [0.05, 0.1) is 18.7 Å². The fraction of sp³-hybridized carbons (Fsp3) is 0.375. The highest BCUT2D eigenvalue weighted by atomic mass is 16.6. The van der Waals surface area contributed by atoms with E-state index in [4.69, 9.17) is 14.2 Å². The molecular weight excluding hydrogens is 286 g/mol. The molecule has 1 heterocycles. The Morgan fingerprint density at radius 1 is 1.09 bits per heavy atom. The van der Waals surface area contributed by atoms with Gasteiger partial charge in [-0.25, -0.2) is 9.59 Å². The van der Waals surface area contributed by atoms with E-state index in [0.717, 1.165) is 10.9 Å². The number of hydrogen-bond acceptors (Lipinski definition) is 5. The lowest BCUT2D eigenvalue weighted by Gasteiger charge is -2.08. The fourth-order valence-electron chi connectivity index (χ4n) is 2.27. The predicted octanol–water partition coefficient (Wildman–Crippen LogP) is 2.30. The first-order valence-electron chi connectivity index (χ1n) is 7.13. The van der Waals surface area contributed by atoms with Crippen LogP contribution in [0.2, 0.25) is 0 Å². The van der Waals surface area contributed by atoms with Gasteiger partial charge in [-0.1, -0.05) is 12.1 Å². The van der Waals surface area contributed by atoms with Gasteiger partial charge in [0.15, 0.2) is 18.1 Å². The van der Waals surface area contributed by atoms with Gasteiger partial charge >= 0.3 is 11.9 Å². The van der Waals surface area contributed by atoms with Gasteiger partial charge < -0.3 is 18.8 Å². The summed E-state index contributed by atoms with van der Waals surface area (Å²) in [6, 6.07) is 7.41. The molecule has 0 saturated carbocycles. The molecule has 2 rings (SSSR count). The number of aryl methyl sites for hydroxylation is 1. The molecule has 0 N–H and O–H groups in total. The highest BCUT2D eigenvalue weighted by Crippen LogP contribution is 2.33. The number of carbonyl (C=O) groups excluding carboxylic acids is 2. The largest absolute Gasteiger partial charge is 0.479 e. The van der Waals surface area contributed by atoms with E-state index in [1.807, 2.05) is 24.3 Å². The van der Waals surface area contributed by atoms with Crippen LogP contribution in [0, 0.1) is 0 Å². The van der Waals surface area contributed by atoms with Crippen molar-refractivity contribution >= 4 is 22.8 Å². The van der Waals surface area contributed by atoms with Crippen LogP contribution in [0.1, 0.15) is 24.3 Å². The first kappa shape index (κ1) is 15.9. The van der Waals surface area contributed by atoms with Gasteiger partial charge in [-0.15, -0.1) is 0 Å². The van der Waals surface area contributed by atoms with E-state index >= 15 is 0 Å². The van der Waals surface area contributed by atoms with Crippen molar-refractivity contribution in [2.24, 2.45) is 7.05 Å². The van der Waals surface area contributed by atoms with Crippen molar-refractivity contribution in [3.05, 3.63) is 30.0 Å². The Morgan fingerprint density at radius 2 is 1.77 bits per heavy atom. The third-order valence-corrected chi connectivity index (χ3v) is 3.17. The smallest absolute Gasteiger partial charge is 0.358 e. The Hall–Kier alpha value is -2.50. The minimum atomic E-state index is -0.486. The number of hydrogen-bond donors (Lipinski definition) is 0. The normalized spacial score (nSPS) is 10.5. The summed E-state index contributed by atoms with van der Waals surface area (Å²) in [6.07, 6.45) is 0. The van der Waals surface area contributed by atoms with Gasteiger partial charge in [0.2, 0.25) is 0 Å². The molecule has 1 aromatic carbocycles. The number of benzene rings is 1. The van der Waals surface area contributed by atoms with E-state index in [0.29, 0.717) is 5.75 Å². The first-order chi connectivity index (χ1) is 10.6. The molecule has 0 aliphatic rings. The number of para-hydroxylation sites is 1. The van der Waals surface area contributed by atoms with Crippen LogP contribution in [0.15, 0.2) is 24.3 Å². The van der Waals surface area contributed by atoms with Crippen LogP contribution in [-0.2, 0) is 21.3 Å². The zero-order valence-electron chi connectivity index (χ0n) is 12.9. The summed E-state index contributed by atoms with van der Waals surface area (Å²) >= 11 is 0. The molecule has 0 aliphatic carbocycles. The zero-order valence-corrected chi connectivity index (χ0v) is 12.9. The Kier molecular flexibility index (Phi) is 5.04. The summed E-state index contributed by atoms with van der Waals surface area (Å²) in [4.78, 5) is 23.7. The molecule has 6 heteroatoms. The molecule has 0 bridgehead atoms. The molecule has 0 saturated heterocycles. The standard InChI is InChI=1S/C16H19NO5/c1-4-20-13(18)10-22-15-11-8-6-7-9-12(11)17(3)14(15)16(19)21-5-2/h6-9H,4-5,10H2,1-3H3. The van der Waals surface area contributed by atoms with Crippen LogP contribution < -0.4 is 4.74 Å². The Labute approximate surface area is 128 Å². The predicted molar refractivity (Wildman–Crippen MR) is 81.0 cm³/mol. The van der Waals surface area contributed by atoms with Crippen LogP contribution in [0.4, 0.5) is 0 Å². The minimum Gasteiger partial charge on any atom is -0.479 e. The number of fused-ring (bicyclic) bond motifs is 1. The Balaban J connectivity index is 2.42. The lowest BCUT2D eigenvalue weighted by Crippen LogP contribution is -2.17. The maximum absolute atomic E-state index is 12.2. The third-order valence-electron chi connectivity index (χ3n) is 3.17. The van der Waals surface area contributed by atoms with Crippen LogP contribution in [0.3, 0.4) is 0 Å². The van der Waals surface area contributed by atoms with Crippen molar-refractivity contribution in [2.75, 3.05) is 19.8 Å². The van der Waals surface area contributed by atoms with Gasteiger partial charge in [-0.05, 0) is 26.0 Å². The van der Waals surface area contributed by atoms with Crippen LogP contribution in [-0.4, -0.2) is 36.3 Å². The second-order valence-corrected chi connectivity index (χ2v) is 4.57. The van der Waals surface area contributed by atoms with Gasteiger partial charge in [-0.3, -0.25) is 0 Å². The summed E-state index contributed by atoms with van der Waals surface area (Å²) in [5.74, 6) is -0.630. The average Bonchev–Trinajstić information content (AvgIpc) is 2.79. The zero-order chi connectivity index (χ0) is 16.1. The first-order valence-corrected chi connectivity index (χ1v) is 7.13. The number of esters is 2. The molecular formula is C16H19NO5. The van der Waals surface area contributed by atoms with Crippen molar-refractivity contribution in [1.82, 2.24) is 4.57 Å². The second-order valence-electron chi connectivity index (χ2n) is 4.57. The van der Waals surface area contributed by atoms with Crippen molar-refractivity contribution in [2.45, 2.75) is 13.8 Å². The van der Waals surface area contributed by atoms with Crippen molar-refractivity contribution in [3.63, 3.8) is 0 Å². The van der Waals surface area contributed by atoms with Gasteiger partial charge in [-0.2, -0.15) is 0 Å². The lowest BCUT2D eigenvalue weighted by atomic mass is 10.2. The van der Waals surface area contributed by atoms with E-state index in [1.165, 1.54) is 0 Å². The molecule has 22 heavy (non-hydrogen) atoms. The topological polar surface area (TPSA) is 66.8 Å². The SMILES string of the molecule is CCOC(=O)COc1c(C(=O)OCC)n(C)c2ccccc12. The van der Waals surface area contributed by atoms with E-state index in [2.05, 4.69) is 0 Å². The molecule has 0 atom stereocenters. The number of aromatic nitrogens is 1. The van der Waals surface area contributed by atoms with Crippen LogP contribution >= 0.6 is 0 Å². The van der Waals surface area contributed by atoms with Crippen molar-refractivity contribution in [1.29, 1.82) is 0 Å². The highest BCUT2D eigenvalue weighted by Gasteiger charge is 2.24. The summed E-state index contributed by atoms with van der Waals surface area (Å²) < 4.78 is 17.2. The number of ether oxygens (including phenoxy) is 3.